The molecule has 3 N–H and O–H groups in total. The summed E-state index contributed by atoms with van der Waals surface area (Å²) in [4.78, 5) is 0. The van der Waals surface area contributed by atoms with Crippen molar-refractivity contribution in [3.05, 3.63) is 28.4 Å². The molecule has 2 aromatic heterocycles. The monoisotopic (exact) mass is 300 g/mol. The highest BCUT2D eigenvalue weighted by Crippen LogP contribution is 2.22. The van der Waals surface area contributed by atoms with Gasteiger partial charge in [-0.25, -0.2) is 13.1 Å². The number of nitrogen functional groups attached to an aromatic ring is 1. The van der Waals surface area contributed by atoms with Crippen molar-refractivity contribution in [2.75, 3.05) is 5.73 Å². The molecular weight excluding hydrogens is 284 g/mol. The van der Waals surface area contributed by atoms with E-state index in [4.69, 9.17) is 5.73 Å². The summed E-state index contributed by atoms with van der Waals surface area (Å²) in [6.07, 6.45) is 0. The molecule has 0 amide bonds. The van der Waals surface area contributed by atoms with E-state index in [2.05, 4.69) is 9.82 Å². The summed E-state index contributed by atoms with van der Waals surface area (Å²) in [6, 6.07) is 1.45. The molecule has 0 aliphatic heterocycles. The van der Waals surface area contributed by atoms with Crippen LogP contribution in [0.1, 0.15) is 17.0 Å². The predicted octanol–water partition coefficient (Wildman–Crippen LogP) is 1.16. The summed E-state index contributed by atoms with van der Waals surface area (Å²) in [5, 5.41) is 5.86. The maximum Gasteiger partial charge on any atom is 0.250 e. The minimum atomic E-state index is -3.51. The minimum absolute atomic E-state index is 0.226. The lowest BCUT2D eigenvalue weighted by atomic mass is 10.2. The predicted molar refractivity (Wildman–Crippen MR) is 75.4 cm³/mol. The number of rotatable bonds is 4. The summed E-state index contributed by atoms with van der Waals surface area (Å²) in [5.74, 6) is 0. The lowest BCUT2D eigenvalue weighted by Gasteiger charge is -2.05. The van der Waals surface area contributed by atoms with Crippen molar-refractivity contribution in [3.63, 3.8) is 0 Å². The summed E-state index contributed by atoms with van der Waals surface area (Å²) in [6.45, 7) is 4.00. The topological polar surface area (TPSA) is 90.0 Å². The van der Waals surface area contributed by atoms with Crippen LogP contribution < -0.4 is 10.5 Å². The van der Waals surface area contributed by atoms with Crippen LogP contribution in [0.5, 0.6) is 0 Å². The van der Waals surface area contributed by atoms with Gasteiger partial charge in [-0.1, -0.05) is 0 Å². The second-order valence-electron chi connectivity index (χ2n) is 4.30. The van der Waals surface area contributed by atoms with Gasteiger partial charge in [-0.2, -0.15) is 5.10 Å². The molecule has 2 aromatic rings. The van der Waals surface area contributed by atoms with Gasteiger partial charge in [0.1, 0.15) is 4.21 Å². The molecule has 0 aromatic carbocycles. The number of thiophene rings is 1. The maximum atomic E-state index is 12.1. The Bertz CT molecular complexity index is 700. The molecule has 104 valence electrons. The number of hydrogen-bond acceptors (Lipinski definition) is 5. The molecule has 0 aliphatic carbocycles. The lowest BCUT2D eigenvalue weighted by Crippen LogP contribution is -2.23. The Labute approximate surface area is 116 Å². The van der Waals surface area contributed by atoms with Crippen molar-refractivity contribution in [2.45, 2.75) is 24.6 Å². The van der Waals surface area contributed by atoms with Crippen LogP contribution in [0.2, 0.25) is 0 Å². The number of nitrogens with one attached hydrogen (secondary N) is 1. The van der Waals surface area contributed by atoms with Crippen LogP contribution in [0.25, 0.3) is 0 Å². The van der Waals surface area contributed by atoms with Crippen LogP contribution in [0.4, 0.5) is 5.69 Å². The van der Waals surface area contributed by atoms with Gasteiger partial charge in [0.05, 0.1) is 5.69 Å². The number of anilines is 1. The van der Waals surface area contributed by atoms with E-state index in [1.165, 1.54) is 6.07 Å². The fourth-order valence-corrected chi connectivity index (χ4v) is 3.90. The van der Waals surface area contributed by atoms with E-state index >= 15 is 0 Å². The second kappa shape index (κ2) is 4.95. The van der Waals surface area contributed by atoms with Crippen molar-refractivity contribution in [2.24, 2.45) is 7.05 Å². The van der Waals surface area contributed by atoms with Crippen molar-refractivity contribution < 1.29 is 8.42 Å². The van der Waals surface area contributed by atoms with E-state index in [0.29, 0.717) is 5.69 Å². The van der Waals surface area contributed by atoms with Crippen LogP contribution in [0.15, 0.2) is 15.7 Å². The van der Waals surface area contributed by atoms with Gasteiger partial charge in [-0.15, -0.1) is 11.3 Å². The van der Waals surface area contributed by atoms with Crippen LogP contribution in [-0.2, 0) is 23.6 Å². The molecule has 8 heteroatoms. The van der Waals surface area contributed by atoms with E-state index in [1.54, 1.807) is 10.1 Å². The molecule has 0 bridgehead atoms. The standard InChI is InChI=1S/C11H16N4O2S2/c1-7-10(8(2)15(3)14-7)5-13-19(16,17)11-4-9(12)6-18-11/h4,6,13H,5,12H2,1-3H3. The van der Waals surface area contributed by atoms with E-state index in [9.17, 15) is 8.42 Å². The van der Waals surface area contributed by atoms with Gasteiger partial charge in [-0.05, 0) is 19.9 Å². The van der Waals surface area contributed by atoms with Crippen molar-refractivity contribution in [1.82, 2.24) is 14.5 Å². The van der Waals surface area contributed by atoms with Gasteiger partial charge >= 0.3 is 0 Å². The molecule has 2 heterocycles. The summed E-state index contributed by atoms with van der Waals surface area (Å²) in [5.41, 5.74) is 8.67. The van der Waals surface area contributed by atoms with Crippen molar-refractivity contribution >= 4 is 27.0 Å². The van der Waals surface area contributed by atoms with E-state index < -0.39 is 10.0 Å². The SMILES string of the molecule is Cc1nn(C)c(C)c1CNS(=O)(=O)c1cc(N)cs1. The van der Waals surface area contributed by atoms with Gasteiger partial charge in [0, 0.05) is 35.9 Å². The number of nitrogens with two attached hydrogens (primary N) is 1. The van der Waals surface area contributed by atoms with Gasteiger partial charge in [0.25, 0.3) is 0 Å². The first-order valence-corrected chi connectivity index (χ1v) is 8.00. The van der Waals surface area contributed by atoms with E-state index in [1.807, 2.05) is 20.9 Å². The third kappa shape index (κ3) is 2.80. The Morgan fingerprint density at radius 3 is 2.63 bits per heavy atom. The molecular formula is C11H16N4O2S2. The third-order valence-corrected chi connectivity index (χ3v) is 5.82. The highest BCUT2D eigenvalue weighted by atomic mass is 32.2. The zero-order valence-corrected chi connectivity index (χ0v) is 12.6. The highest BCUT2D eigenvalue weighted by molar-refractivity contribution is 7.91. The average Bonchev–Trinajstić information content (AvgIpc) is 2.84. The molecule has 0 saturated heterocycles. The molecule has 0 aliphatic rings. The second-order valence-corrected chi connectivity index (χ2v) is 7.20. The maximum absolute atomic E-state index is 12.1. The number of nitrogens with zero attached hydrogens (tertiary/aromatic N) is 2. The quantitative estimate of drug-likeness (QED) is 0.886. The molecule has 19 heavy (non-hydrogen) atoms. The first-order valence-electron chi connectivity index (χ1n) is 5.64. The molecule has 0 atom stereocenters. The zero-order valence-electron chi connectivity index (χ0n) is 11.0. The third-order valence-electron chi connectivity index (χ3n) is 2.96. The zero-order chi connectivity index (χ0) is 14.2. The molecule has 0 spiro atoms. The number of sulfonamides is 1. The number of aryl methyl sites for hydroxylation is 2. The molecule has 0 fully saturated rings. The molecule has 0 radical (unpaired) electrons. The normalized spacial score (nSPS) is 11.9. The Balaban J connectivity index is 2.18. The Hall–Kier alpha value is -1.38. The summed E-state index contributed by atoms with van der Waals surface area (Å²) in [7, 11) is -1.68. The Morgan fingerprint density at radius 2 is 2.16 bits per heavy atom. The molecule has 0 saturated carbocycles. The average molecular weight is 300 g/mol. The van der Waals surface area contributed by atoms with Gasteiger partial charge in [0.15, 0.2) is 0 Å². The molecule has 2 rings (SSSR count). The van der Waals surface area contributed by atoms with E-state index in [0.717, 1.165) is 28.3 Å². The first-order chi connectivity index (χ1) is 8.81. The highest BCUT2D eigenvalue weighted by Gasteiger charge is 2.18. The lowest BCUT2D eigenvalue weighted by molar-refractivity contribution is 0.583. The van der Waals surface area contributed by atoms with Crippen LogP contribution in [0.3, 0.4) is 0 Å². The fourth-order valence-electron chi connectivity index (χ4n) is 1.78. The van der Waals surface area contributed by atoms with Crippen molar-refractivity contribution in [3.8, 4) is 0 Å². The van der Waals surface area contributed by atoms with Crippen LogP contribution in [0, 0.1) is 13.8 Å². The minimum Gasteiger partial charge on any atom is -0.398 e. The van der Waals surface area contributed by atoms with Crippen LogP contribution >= 0.6 is 11.3 Å². The summed E-state index contributed by atoms with van der Waals surface area (Å²) >= 11 is 1.11. The number of aromatic nitrogens is 2. The Kier molecular flexibility index (Phi) is 3.66. The van der Waals surface area contributed by atoms with Gasteiger partial charge in [-0.3, -0.25) is 4.68 Å². The van der Waals surface area contributed by atoms with Gasteiger partial charge in [0.2, 0.25) is 10.0 Å². The van der Waals surface area contributed by atoms with E-state index in [-0.39, 0.29) is 10.8 Å². The van der Waals surface area contributed by atoms with Gasteiger partial charge < -0.3 is 5.73 Å². The fraction of sp³-hybridized carbons (Fsp3) is 0.364. The largest absolute Gasteiger partial charge is 0.398 e. The smallest absolute Gasteiger partial charge is 0.250 e. The Morgan fingerprint density at radius 1 is 1.47 bits per heavy atom. The number of hydrogen-bond donors (Lipinski definition) is 2. The molecule has 0 unspecified atom stereocenters. The first kappa shape index (κ1) is 14.0. The van der Waals surface area contributed by atoms with Crippen molar-refractivity contribution in [1.29, 1.82) is 0 Å². The van der Waals surface area contributed by atoms with Crippen LogP contribution in [-0.4, -0.2) is 18.2 Å². The summed E-state index contributed by atoms with van der Waals surface area (Å²) < 4.78 is 28.7. The molecule has 6 nitrogen and oxygen atoms in total.